The standard InChI is InChI=1S/C15H21NO5S/c1-12(21-11-13-7-5-6-10-20-13)15(17)16-22(18,19)14-8-3-2-4-9-14/h2-4,8-9,12-13H,5-7,10-11H2,1H3,(H,16,17)/t12-,13+/m0/s1. The zero-order valence-corrected chi connectivity index (χ0v) is 13.3. The Balaban J connectivity index is 1.85. The Hall–Kier alpha value is -1.44. The molecule has 1 aromatic carbocycles. The van der Waals surface area contributed by atoms with Crippen LogP contribution in [0.4, 0.5) is 0 Å². The molecule has 2 atom stereocenters. The number of hydrogen-bond acceptors (Lipinski definition) is 5. The van der Waals surface area contributed by atoms with Crippen LogP contribution in [-0.4, -0.2) is 39.7 Å². The lowest BCUT2D eigenvalue weighted by Crippen LogP contribution is -2.40. The van der Waals surface area contributed by atoms with Crippen molar-refractivity contribution in [2.45, 2.75) is 43.3 Å². The predicted octanol–water partition coefficient (Wildman–Crippen LogP) is 1.47. The average Bonchev–Trinajstić information content (AvgIpc) is 2.54. The third-order valence-electron chi connectivity index (χ3n) is 3.46. The van der Waals surface area contributed by atoms with Gasteiger partial charge in [-0.15, -0.1) is 0 Å². The summed E-state index contributed by atoms with van der Waals surface area (Å²) in [6.07, 6.45) is 2.15. The van der Waals surface area contributed by atoms with Gasteiger partial charge in [0.1, 0.15) is 6.10 Å². The summed E-state index contributed by atoms with van der Waals surface area (Å²) in [4.78, 5) is 12.0. The third kappa shape index (κ3) is 4.79. The van der Waals surface area contributed by atoms with E-state index in [4.69, 9.17) is 9.47 Å². The van der Waals surface area contributed by atoms with Crippen LogP contribution in [0.1, 0.15) is 26.2 Å². The fraction of sp³-hybridized carbons (Fsp3) is 0.533. The van der Waals surface area contributed by atoms with Crippen LogP contribution in [-0.2, 0) is 24.3 Å². The van der Waals surface area contributed by atoms with E-state index >= 15 is 0 Å². The Labute approximate surface area is 130 Å². The van der Waals surface area contributed by atoms with Crippen LogP contribution < -0.4 is 4.72 Å². The van der Waals surface area contributed by atoms with Crippen LogP contribution in [0, 0.1) is 0 Å². The van der Waals surface area contributed by atoms with Gasteiger partial charge in [0, 0.05) is 6.61 Å². The highest BCUT2D eigenvalue weighted by atomic mass is 32.2. The molecule has 1 amide bonds. The number of ether oxygens (including phenoxy) is 2. The van der Waals surface area contributed by atoms with Crippen LogP contribution in [0.15, 0.2) is 35.2 Å². The summed E-state index contributed by atoms with van der Waals surface area (Å²) in [5, 5.41) is 0. The highest BCUT2D eigenvalue weighted by molar-refractivity contribution is 7.90. The Morgan fingerprint density at radius 2 is 2.09 bits per heavy atom. The number of rotatable bonds is 6. The van der Waals surface area contributed by atoms with Crippen molar-refractivity contribution in [1.82, 2.24) is 4.72 Å². The van der Waals surface area contributed by atoms with Gasteiger partial charge in [-0.2, -0.15) is 0 Å². The molecular weight excluding hydrogens is 306 g/mol. The van der Waals surface area contributed by atoms with E-state index in [1.807, 2.05) is 4.72 Å². The maximum absolute atomic E-state index is 12.0. The van der Waals surface area contributed by atoms with Crippen LogP contribution in [0.5, 0.6) is 0 Å². The maximum Gasteiger partial charge on any atom is 0.264 e. The molecule has 1 aliphatic rings. The molecule has 0 aromatic heterocycles. The SMILES string of the molecule is C[C@H](OC[C@H]1CCCCO1)C(=O)NS(=O)(=O)c1ccccc1. The lowest BCUT2D eigenvalue weighted by atomic mass is 10.1. The van der Waals surface area contributed by atoms with E-state index in [1.165, 1.54) is 19.1 Å². The molecule has 1 fully saturated rings. The van der Waals surface area contributed by atoms with Crippen LogP contribution in [0.25, 0.3) is 0 Å². The summed E-state index contributed by atoms with van der Waals surface area (Å²) in [7, 11) is -3.86. The minimum Gasteiger partial charge on any atom is -0.376 e. The van der Waals surface area contributed by atoms with Crippen molar-refractivity contribution in [2.75, 3.05) is 13.2 Å². The predicted molar refractivity (Wildman–Crippen MR) is 80.8 cm³/mol. The van der Waals surface area contributed by atoms with Crippen molar-refractivity contribution in [3.05, 3.63) is 30.3 Å². The molecule has 0 spiro atoms. The molecule has 1 saturated heterocycles. The van der Waals surface area contributed by atoms with Crippen LogP contribution in [0.3, 0.4) is 0 Å². The third-order valence-corrected chi connectivity index (χ3v) is 4.83. The van der Waals surface area contributed by atoms with Crippen molar-refractivity contribution in [3.8, 4) is 0 Å². The normalized spacial score (nSPS) is 20.3. The van der Waals surface area contributed by atoms with Gasteiger partial charge >= 0.3 is 0 Å². The van der Waals surface area contributed by atoms with E-state index in [9.17, 15) is 13.2 Å². The van der Waals surface area contributed by atoms with Crippen molar-refractivity contribution in [2.24, 2.45) is 0 Å². The highest BCUT2D eigenvalue weighted by Gasteiger charge is 2.23. The van der Waals surface area contributed by atoms with E-state index in [2.05, 4.69) is 0 Å². The molecule has 1 heterocycles. The van der Waals surface area contributed by atoms with Crippen molar-refractivity contribution >= 4 is 15.9 Å². The van der Waals surface area contributed by atoms with Gasteiger partial charge in [-0.05, 0) is 38.3 Å². The van der Waals surface area contributed by atoms with Crippen LogP contribution in [0.2, 0.25) is 0 Å². The second-order valence-electron chi connectivity index (χ2n) is 5.25. The van der Waals surface area contributed by atoms with Gasteiger partial charge in [0.05, 0.1) is 17.6 Å². The zero-order chi connectivity index (χ0) is 16.0. The number of amides is 1. The lowest BCUT2D eigenvalue weighted by Gasteiger charge is -2.23. The van der Waals surface area contributed by atoms with Gasteiger partial charge in [0.25, 0.3) is 15.9 Å². The highest BCUT2D eigenvalue weighted by Crippen LogP contribution is 2.13. The summed E-state index contributed by atoms with van der Waals surface area (Å²) in [6, 6.07) is 7.75. The van der Waals surface area contributed by atoms with E-state index in [-0.39, 0.29) is 11.0 Å². The molecule has 0 bridgehead atoms. The average molecular weight is 327 g/mol. The number of carbonyl (C=O) groups excluding carboxylic acids is 1. The molecular formula is C15H21NO5S. The van der Waals surface area contributed by atoms with E-state index in [0.29, 0.717) is 13.2 Å². The first-order valence-corrected chi connectivity index (χ1v) is 8.82. The summed E-state index contributed by atoms with van der Waals surface area (Å²) >= 11 is 0. The second-order valence-corrected chi connectivity index (χ2v) is 6.93. The first kappa shape index (κ1) is 16.9. The maximum atomic E-state index is 12.0. The summed E-state index contributed by atoms with van der Waals surface area (Å²) in [5.41, 5.74) is 0. The number of sulfonamides is 1. The quantitative estimate of drug-likeness (QED) is 0.855. The van der Waals surface area contributed by atoms with Crippen LogP contribution >= 0.6 is 0 Å². The molecule has 2 rings (SSSR count). The smallest absolute Gasteiger partial charge is 0.264 e. The molecule has 0 unspecified atom stereocenters. The first-order valence-electron chi connectivity index (χ1n) is 7.34. The Morgan fingerprint density at radius 3 is 2.73 bits per heavy atom. The molecule has 122 valence electrons. The van der Waals surface area contributed by atoms with Gasteiger partial charge in [-0.3, -0.25) is 4.79 Å². The van der Waals surface area contributed by atoms with E-state index in [0.717, 1.165) is 19.3 Å². The fourth-order valence-corrected chi connectivity index (χ4v) is 3.20. The molecule has 6 nitrogen and oxygen atoms in total. The van der Waals surface area contributed by atoms with Crippen molar-refractivity contribution < 1.29 is 22.7 Å². The molecule has 1 N–H and O–H groups in total. The number of carbonyl (C=O) groups is 1. The minimum atomic E-state index is -3.86. The Bertz CT molecular complexity index is 581. The Kier molecular flexibility index (Phi) is 5.93. The number of benzene rings is 1. The van der Waals surface area contributed by atoms with E-state index < -0.39 is 22.0 Å². The Morgan fingerprint density at radius 1 is 1.36 bits per heavy atom. The second kappa shape index (κ2) is 7.71. The minimum absolute atomic E-state index is 0.0188. The fourth-order valence-electron chi connectivity index (χ4n) is 2.14. The topological polar surface area (TPSA) is 81.7 Å². The van der Waals surface area contributed by atoms with Gasteiger partial charge in [0.2, 0.25) is 0 Å². The number of hydrogen-bond donors (Lipinski definition) is 1. The molecule has 0 saturated carbocycles. The van der Waals surface area contributed by atoms with Crippen molar-refractivity contribution in [3.63, 3.8) is 0 Å². The summed E-state index contributed by atoms with van der Waals surface area (Å²) in [5.74, 6) is -0.681. The molecule has 0 radical (unpaired) electrons. The molecule has 7 heteroatoms. The lowest BCUT2D eigenvalue weighted by molar-refractivity contribution is -0.133. The molecule has 1 aromatic rings. The van der Waals surface area contributed by atoms with Gasteiger partial charge in [-0.25, -0.2) is 13.1 Å². The largest absolute Gasteiger partial charge is 0.376 e. The van der Waals surface area contributed by atoms with Gasteiger partial charge in [0.15, 0.2) is 0 Å². The monoisotopic (exact) mass is 327 g/mol. The zero-order valence-electron chi connectivity index (χ0n) is 12.5. The first-order chi connectivity index (χ1) is 10.5. The van der Waals surface area contributed by atoms with Gasteiger partial charge < -0.3 is 9.47 Å². The van der Waals surface area contributed by atoms with Gasteiger partial charge in [-0.1, -0.05) is 18.2 Å². The van der Waals surface area contributed by atoms with Crippen molar-refractivity contribution in [1.29, 1.82) is 0 Å². The molecule has 0 aliphatic carbocycles. The number of nitrogens with one attached hydrogen (secondary N) is 1. The summed E-state index contributed by atoms with van der Waals surface area (Å²) < 4.78 is 37.0. The molecule has 1 aliphatic heterocycles. The molecule has 22 heavy (non-hydrogen) atoms. The van der Waals surface area contributed by atoms with E-state index in [1.54, 1.807) is 18.2 Å². The summed E-state index contributed by atoms with van der Waals surface area (Å²) in [6.45, 7) is 2.52.